The zero-order valence-corrected chi connectivity index (χ0v) is 17.4. The SMILES string of the molecule is CNC(=O)Cc1c(C)n(C(=O)c2ccc(Br)cc2)c2cc(Cl)c(OC)cc12. The third kappa shape index (κ3) is 3.59. The second kappa shape index (κ2) is 7.74. The molecular formula is C20H18BrClN2O3. The first kappa shape index (κ1) is 19.5. The highest BCUT2D eigenvalue weighted by Gasteiger charge is 2.22. The lowest BCUT2D eigenvalue weighted by Crippen LogP contribution is -2.20. The molecule has 2 aromatic carbocycles. The third-order valence-corrected chi connectivity index (χ3v) is 5.34. The van der Waals surface area contributed by atoms with Crippen molar-refractivity contribution in [3.63, 3.8) is 0 Å². The quantitative estimate of drug-likeness (QED) is 0.644. The van der Waals surface area contributed by atoms with Gasteiger partial charge in [-0.3, -0.25) is 14.2 Å². The second-order valence-electron chi connectivity index (χ2n) is 6.07. The summed E-state index contributed by atoms with van der Waals surface area (Å²) >= 11 is 9.68. The number of rotatable bonds is 4. The molecule has 0 aliphatic rings. The lowest BCUT2D eigenvalue weighted by molar-refractivity contribution is -0.119. The number of fused-ring (bicyclic) bond motifs is 1. The third-order valence-electron chi connectivity index (χ3n) is 4.52. The minimum Gasteiger partial charge on any atom is -0.495 e. The Labute approximate surface area is 170 Å². The van der Waals surface area contributed by atoms with Gasteiger partial charge in [0.15, 0.2) is 0 Å². The number of methoxy groups -OCH3 is 1. The lowest BCUT2D eigenvalue weighted by Gasteiger charge is -2.09. The number of hydrogen-bond acceptors (Lipinski definition) is 3. The van der Waals surface area contributed by atoms with Gasteiger partial charge in [-0.2, -0.15) is 0 Å². The Kier molecular flexibility index (Phi) is 5.58. The first-order valence-electron chi connectivity index (χ1n) is 8.25. The smallest absolute Gasteiger partial charge is 0.262 e. The van der Waals surface area contributed by atoms with Crippen LogP contribution in [0.15, 0.2) is 40.9 Å². The molecule has 27 heavy (non-hydrogen) atoms. The van der Waals surface area contributed by atoms with E-state index in [0.29, 0.717) is 27.5 Å². The fourth-order valence-electron chi connectivity index (χ4n) is 3.09. The Morgan fingerprint density at radius 3 is 2.48 bits per heavy atom. The van der Waals surface area contributed by atoms with Crippen LogP contribution in [-0.4, -0.2) is 30.5 Å². The first-order valence-corrected chi connectivity index (χ1v) is 9.42. The predicted molar refractivity (Wildman–Crippen MR) is 110 cm³/mol. The van der Waals surface area contributed by atoms with Crippen molar-refractivity contribution in [3.8, 4) is 5.75 Å². The second-order valence-corrected chi connectivity index (χ2v) is 7.39. The van der Waals surface area contributed by atoms with E-state index in [-0.39, 0.29) is 18.2 Å². The van der Waals surface area contributed by atoms with Gasteiger partial charge in [0, 0.05) is 28.2 Å². The van der Waals surface area contributed by atoms with Crippen molar-refractivity contribution < 1.29 is 14.3 Å². The largest absolute Gasteiger partial charge is 0.495 e. The topological polar surface area (TPSA) is 60.3 Å². The molecule has 0 spiro atoms. The normalized spacial score (nSPS) is 10.9. The summed E-state index contributed by atoms with van der Waals surface area (Å²) in [6.45, 7) is 1.83. The van der Waals surface area contributed by atoms with Crippen LogP contribution in [0.25, 0.3) is 10.9 Å². The number of benzene rings is 2. The van der Waals surface area contributed by atoms with Gasteiger partial charge >= 0.3 is 0 Å². The highest BCUT2D eigenvalue weighted by atomic mass is 79.9. The van der Waals surface area contributed by atoms with Crippen LogP contribution in [-0.2, 0) is 11.2 Å². The number of aromatic nitrogens is 1. The molecule has 3 aromatic rings. The fourth-order valence-corrected chi connectivity index (χ4v) is 3.59. The van der Waals surface area contributed by atoms with Crippen molar-refractivity contribution in [3.05, 3.63) is 62.7 Å². The van der Waals surface area contributed by atoms with E-state index in [1.165, 1.54) is 7.11 Å². The zero-order valence-electron chi connectivity index (χ0n) is 15.1. The number of carbonyl (C=O) groups excluding carboxylic acids is 2. The van der Waals surface area contributed by atoms with Gasteiger partial charge in [0.05, 0.1) is 24.1 Å². The number of likely N-dealkylation sites (N-methyl/N-ethyl adjacent to an activating group) is 1. The molecule has 5 nitrogen and oxygen atoms in total. The Balaban J connectivity index is 2.26. The summed E-state index contributed by atoms with van der Waals surface area (Å²) < 4.78 is 7.80. The van der Waals surface area contributed by atoms with Crippen molar-refractivity contribution in [1.29, 1.82) is 0 Å². The summed E-state index contributed by atoms with van der Waals surface area (Å²) in [6.07, 6.45) is 0.157. The Morgan fingerprint density at radius 1 is 1.22 bits per heavy atom. The Bertz CT molecular complexity index is 1040. The van der Waals surface area contributed by atoms with Gasteiger partial charge in [-0.25, -0.2) is 0 Å². The predicted octanol–water partition coefficient (Wildman–Crippen LogP) is 4.35. The molecule has 140 valence electrons. The molecule has 0 unspecified atom stereocenters. The number of nitrogens with zero attached hydrogens (tertiary/aromatic N) is 1. The maximum atomic E-state index is 13.2. The molecule has 0 fully saturated rings. The van der Waals surface area contributed by atoms with Gasteiger partial charge in [0.1, 0.15) is 5.75 Å². The maximum Gasteiger partial charge on any atom is 0.262 e. The molecule has 0 aliphatic heterocycles. The number of carbonyl (C=O) groups is 2. The average molecular weight is 450 g/mol. The molecule has 0 radical (unpaired) electrons. The van der Waals surface area contributed by atoms with Crippen molar-refractivity contribution >= 4 is 50.2 Å². The van der Waals surface area contributed by atoms with Crippen LogP contribution in [0.3, 0.4) is 0 Å². The number of amides is 1. The Morgan fingerprint density at radius 2 is 1.89 bits per heavy atom. The molecule has 1 heterocycles. The minimum absolute atomic E-state index is 0.137. The molecule has 1 N–H and O–H groups in total. The molecule has 1 aromatic heterocycles. The minimum atomic E-state index is -0.186. The van der Waals surface area contributed by atoms with E-state index in [1.54, 1.807) is 35.9 Å². The maximum absolute atomic E-state index is 13.2. The van der Waals surface area contributed by atoms with Gasteiger partial charge in [-0.15, -0.1) is 0 Å². The van der Waals surface area contributed by atoms with Crippen LogP contribution in [0, 0.1) is 6.92 Å². The zero-order chi connectivity index (χ0) is 19.7. The summed E-state index contributed by atoms with van der Waals surface area (Å²) in [5.74, 6) is 0.173. The van der Waals surface area contributed by atoms with Gasteiger partial charge in [0.25, 0.3) is 5.91 Å². The van der Waals surface area contributed by atoms with Gasteiger partial charge in [-0.1, -0.05) is 27.5 Å². The summed E-state index contributed by atoms with van der Waals surface area (Å²) in [6, 6.07) is 10.6. The molecule has 0 aliphatic carbocycles. The van der Waals surface area contributed by atoms with Crippen LogP contribution in [0.5, 0.6) is 5.75 Å². The molecule has 0 saturated heterocycles. The van der Waals surface area contributed by atoms with E-state index in [0.717, 1.165) is 15.4 Å². The van der Waals surface area contributed by atoms with Crippen LogP contribution in [0.4, 0.5) is 0 Å². The Hall–Kier alpha value is -2.31. The van der Waals surface area contributed by atoms with E-state index in [4.69, 9.17) is 16.3 Å². The van der Waals surface area contributed by atoms with Gasteiger partial charge < -0.3 is 10.1 Å². The molecular weight excluding hydrogens is 432 g/mol. The molecule has 1 amide bonds. The van der Waals surface area contributed by atoms with Gasteiger partial charge in [-0.05, 0) is 48.9 Å². The van der Waals surface area contributed by atoms with Crippen LogP contribution in [0.1, 0.15) is 21.6 Å². The monoisotopic (exact) mass is 448 g/mol. The molecule has 0 atom stereocenters. The standard InChI is InChI=1S/C20H18BrClN2O3/c1-11-14(9-19(25)23-2)15-8-18(27-3)16(22)10-17(15)24(11)20(26)12-4-6-13(21)7-5-12/h4-8,10H,9H2,1-3H3,(H,23,25). The van der Waals surface area contributed by atoms with E-state index in [9.17, 15) is 9.59 Å². The number of nitrogens with one attached hydrogen (secondary N) is 1. The van der Waals surface area contributed by atoms with Crippen molar-refractivity contribution in [1.82, 2.24) is 9.88 Å². The van der Waals surface area contributed by atoms with E-state index < -0.39 is 0 Å². The van der Waals surface area contributed by atoms with Gasteiger partial charge in [0.2, 0.25) is 5.91 Å². The molecule has 0 bridgehead atoms. The first-order chi connectivity index (χ1) is 12.9. The summed E-state index contributed by atoms with van der Waals surface area (Å²) in [4.78, 5) is 25.2. The highest BCUT2D eigenvalue weighted by molar-refractivity contribution is 9.10. The van der Waals surface area contributed by atoms with Crippen molar-refractivity contribution in [2.24, 2.45) is 0 Å². The van der Waals surface area contributed by atoms with Crippen LogP contribution >= 0.6 is 27.5 Å². The molecule has 0 saturated carbocycles. The lowest BCUT2D eigenvalue weighted by atomic mass is 10.1. The van der Waals surface area contributed by atoms with E-state index >= 15 is 0 Å². The number of halogens is 2. The molecule has 7 heteroatoms. The van der Waals surface area contributed by atoms with E-state index in [2.05, 4.69) is 21.2 Å². The van der Waals surface area contributed by atoms with Crippen molar-refractivity contribution in [2.45, 2.75) is 13.3 Å². The number of ether oxygens (including phenoxy) is 1. The van der Waals surface area contributed by atoms with E-state index in [1.807, 2.05) is 19.1 Å². The summed E-state index contributed by atoms with van der Waals surface area (Å²) in [7, 11) is 3.11. The number of hydrogen-bond donors (Lipinski definition) is 1. The highest BCUT2D eigenvalue weighted by Crippen LogP contribution is 2.35. The average Bonchev–Trinajstić information content (AvgIpc) is 2.91. The van der Waals surface area contributed by atoms with Crippen LogP contribution in [0.2, 0.25) is 5.02 Å². The summed E-state index contributed by atoms with van der Waals surface area (Å²) in [5.41, 5.74) is 2.65. The fraction of sp³-hybridized carbons (Fsp3) is 0.200. The van der Waals surface area contributed by atoms with Crippen molar-refractivity contribution in [2.75, 3.05) is 14.2 Å². The summed E-state index contributed by atoms with van der Waals surface area (Å²) in [5, 5.41) is 3.79. The van der Waals surface area contributed by atoms with Crippen LogP contribution < -0.4 is 10.1 Å². The molecule has 3 rings (SSSR count).